The Morgan fingerprint density at radius 2 is 2.10 bits per heavy atom. The molecule has 1 atom stereocenters. The molecule has 0 bridgehead atoms. The first-order valence-corrected chi connectivity index (χ1v) is 7.77. The maximum atomic E-state index is 5.52. The number of rotatable bonds is 6. The third kappa shape index (κ3) is 3.01. The highest BCUT2D eigenvalue weighted by molar-refractivity contribution is 5.38. The van der Waals surface area contributed by atoms with Crippen molar-refractivity contribution in [3.63, 3.8) is 0 Å². The molecule has 4 nitrogen and oxygen atoms in total. The lowest BCUT2D eigenvalue weighted by molar-refractivity contribution is 0.134. The zero-order chi connectivity index (χ0) is 14.7. The standard InChI is InChI=1S/C17H23N3O/c1-3-7-18-17(16-9-19-20(4-2)10-16)13-5-6-14-11-21-12-15(14)8-13/h5-6,8-10,17-18H,3-4,7,11-12H2,1-2H3. The maximum absolute atomic E-state index is 5.52. The van der Waals surface area contributed by atoms with Gasteiger partial charge in [0.05, 0.1) is 25.5 Å². The normalized spacial score (nSPS) is 15.1. The SMILES string of the molecule is CCCNC(c1ccc2c(c1)COC2)c1cnn(CC)c1. The molecular weight excluding hydrogens is 262 g/mol. The average Bonchev–Trinajstić information content (AvgIpc) is 3.16. The van der Waals surface area contributed by atoms with Crippen molar-refractivity contribution in [3.05, 3.63) is 52.8 Å². The van der Waals surface area contributed by atoms with Crippen molar-refractivity contribution in [2.45, 2.75) is 46.1 Å². The summed E-state index contributed by atoms with van der Waals surface area (Å²) in [6.45, 7) is 7.68. The summed E-state index contributed by atoms with van der Waals surface area (Å²) >= 11 is 0. The van der Waals surface area contributed by atoms with Crippen LogP contribution in [-0.2, 0) is 24.5 Å². The van der Waals surface area contributed by atoms with Gasteiger partial charge in [-0.15, -0.1) is 0 Å². The molecule has 0 fully saturated rings. The van der Waals surface area contributed by atoms with Gasteiger partial charge in [-0.05, 0) is 36.6 Å². The lowest BCUT2D eigenvalue weighted by Crippen LogP contribution is -2.23. The number of nitrogens with zero attached hydrogens (tertiary/aromatic N) is 2. The summed E-state index contributed by atoms with van der Waals surface area (Å²) in [6.07, 6.45) is 5.23. The third-order valence-corrected chi connectivity index (χ3v) is 3.99. The molecule has 0 saturated carbocycles. The predicted molar refractivity (Wildman–Crippen MR) is 83.0 cm³/mol. The quantitative estimate of drug-likeness (QED) is 0.886. The van der Waals surface area contributed by atoms with E-state index in [9.17, 15) is 0 Å². The van der Waals surface area contributed by atoms with E-state index in [1.165, 1.54) is 22.3 Å². The van der Waals surface area contributed by atoms with Crippen LogP contribution in [0.3, 0.4) is 0 Å². The highest BCUT2D eigenvalue weighted by Crippen LogP contribution is 2.27. The molecule has 2 aromatic rings. The molecule has 2 heterocycles. The van der Waals surface area contributed by atoms with E-state index in [1.807, 2.05) is 10.9 Å². The zero-order valence-corrected chi connectivity index (χ0v) is 12.8. The first-order chi connectivity index (χ1) is 10.3. The summed E-state index contributed by atoms with van der Waals surface area (Å²) in [5, 5.41) is 8.05. The maximum Gasteiger partial charge on any atom is 0.0725 e. The van der Waals surface area contributed by atoms with Gasteiger partial charge in [0.25, 0.3) is 0 Å². The number of hydrogen-bond acceptors (Lipinski definition) is 3. The Labute approximate surface area is 126 Å². The van der Waals surface area contributed by atoms with Crippen LogP contribution in [-0.4, -0.2) is 16.3 Å². The monoisotopic (exact) mass is 285 g/mol. The van der Waals surface area contributed by atoms with Crippen molar-refractivity contribution in [3.8, 4) is 0 Å². The van der Waals surface area contributed by atoms with Crippen LogP contribution in [0, 0.1) is 0 Å². The molecule has 1 unspecified atom stereocenters. The summed E-state index contributed by atoms with van der Waals surface area (Å²) in [7, 11) is 0. The average molecular weight is 285 g/mol. The number of aromatic nitrogens is 2. The summed E-state index contributed by atoms with van der Waals surface area (Å²) in [5.74, 6) is 0. The van der Waals surface area contributed by atoms with E-state index >= 15 is 0 Å². The van der Waals surface area contributed by atoms with Gasteiger partial charge in [0.15, 0.2) is 0 Å². The number of fused-ring (bicyclic) bond motifs is 1. The summed E-state index contributed by atoms with van der Waals surface area (Å²) in [5.41, 5.74) is 5.16. The highest BCUT2D eigenvalue weighted by Gasteiger charge is 2.18. The van der Waals surface area contributed by atoms with Crippen LogP contribution < -0.4 is 5.32 Å². The Morgan fingerprint density at radius 1 is 1.24 bits per heavy atom. The van der Waals surface area contributed by atoms with Crippen molar-refractivity contribution < 1.29 is 4.74 Å². The fourth-order valence-electron chi connectivity index (χ4n) is 2.79. The van der Waals surface area contributed by atoms with Gasteiger partial charge in [-0.3, -0.25) is 4.68 Å². The smallest absolute Gasteiger partial charge is 0.0725 e. The fourth-order valence-corrected chi connectivity index (χ4v) is 2.79. The molecular formula is C17H23N3O. The van der Waals surface area contributed by atoms with Crippen LogP contribution in [0.1, 0.15) is 48.6 Å². The Kier molecular flexibility index (Phi) is 4.36. The second-order valence-electron chi connectivity index (χ2n) is 5.54. The summed E-state index contributed by atoms with van der Waals surface area (Å²) < 4.78 is 7.50. The highest BCUT2D eigenvalue weighted by atomic mass is 16.5. The topological polar surface area (TPSA) is 39.1 Å². The van der Waals surface area contributed by atoms with Crippen molar-refractivity contribution in [1.82, 2.24) is 15.1 Å². The lowest BCUT2D eigenvalue weighted by atomic mass is 9.97. The van der Waals surface area contributed by atoms with Gasteiger partial charge >= 0.3 is 0 Å². The van der Waals surface area contributed by atoms with Crippen molar-refractivity contribution >= 4 is 0 Å². The minimum atomic E-state index is 0.205. The first-order valence-electron chi connectivity index (χ1n) is 7.77. The van der Waals surface area contributed by atoms with E-state index in [4.69, 9.17) is 4.74 Å². The molecule has 1 N–H and O–H groups in total. The molecule has 0 saturated heterocycles. The van der Waals surface area contributed by atoms with Gasteiger partial charge in [-0.1, -0.05) is 25.1 Å². The second-order valence-corrected chi connectivity index (χ2v) is 5.54. The molecule has 1 aromatic carbocycles. The Morgan fingerprint density at radius 3 is 2.86 bits per heavy atom. The molecule has 4 heteroatoms. The molecule has 0 radical (unpaired) electrons. The van der Waals surface area contributed by atoms with E-state index in [0.717, 1.165) is 32.7 Å². The number of nitrogens with one attached hydrogen (secondary N) is 1. The number of benzene rings is 1. The summed E-state index contributed by atoms with van der Waals surface area (Å²) in [6, 6.07) is 6.89. The Hall–Kier alpha value is -1.65. The molecule has 112 valence electrons. The number of ether oxygens (including phenoxy) is 1. The van der Waals surface area contributed by atoms with Gasteiger partial charge < -0.3 is 10.1 Å². The fraction of sp³-hybridized carbons (Fsp3) is 0.471. The molecule has 0 spiro atoms. The Bertz CT molecular complexity index is 606. The van der Waals surface area contributed by atoms with E-state index in [0.29, 0.717) is 0 Å². The molecule has 3 rings (SSSR count). The zero-order valence-electron chi connectivity index (χ0n) is 12.8. The molecule has 0 amide bonds. The summed E-state index contributed by atoms with van der Waals surface area (Å²) in [4.78, 5) is 0. The molecule has 1 aromatic heterocycles. The largest absolute Gasteiger partial charge is 0.372 e. The lowest BCUT2D eigenvalue weighted by Gasteiger charge is -2.18. The van der Waals surface area contributed by atoms with Crippen LogP contribution in [0.5, 0.6) is 0 Å². The van der Waals surface area contributed by atoms with Crippen molar-refractivity contribution in [1.29, 1.82) is 0 Å². The molecule has 1 aliphatic rings. The molecule has 21 heavy (non-hydrogen) atoms. The second kappa shape index (κ2) is 6.41. The van der Waals surface area contributed by atoms with Gasteiger partial charge in [0, 0.05) is 18.3 Å². The number of hydrogen-bond donors (Lipinski definition) is 1. The van der Waals surface area contributed by atoms with Crippen LogP contribution in [0.15, 0.2) is 30.6 Å². The van der Waals surface area contributed by atoms with E-state index in [1.54, 1.807) is 0 Å². The van der Waals surface area contributed by atoms with Crippen LogP contribution in [0.4, 0.5) is 0 Å². The number of aryl methyl sites for hydroxylation is 1. The van der Waals surface area contributed by atoms with Crippen LogP contribution in [0.2, 0.25) is 0 Å². The van der Waals surface area contributed by atoms with Crippen molar-refractivity contribution in [2.24, 2.45) is 0 Å². The molecule has 1 aliphatic heterocycles. The molecule has 0 aliphatic carbocycles. The van der Waals surface area contributed by atoms with E-state index in [2.05, 4.69) is 48.7 Å². The van der Waals surface area contributed by atoms with Crippen LogP contribution >= 0.6 is 0 Å². The Balaban J connectivity index is 1.91. The van der Waals surface area contributed by atoms with Gasteiger partial charge in [0.1, 0.15) is 0 Å². The van der Waals surface area contributed by atoms with Gasteiger partial charge in [-0.25, -0.2) is 0 Å². The van der Waals surface area contributed by atoms with Gasteiger partial charge in [-0.2, -0.15) is 5.10 Å². The van der Waals surface area contributed by atoms with E-state index in [-0.39, 0.29) is 6.04 Å². The minimum absolute atomic E-state index is 0.205. The first kappa shape index (κ1) is 14.3. The minimum Gasteiger partial charge on any atom is -0.372 e. The van der Waals surface area contributed by atoms with Gasteiger partial charge in [0.2, 0.25) is 0 Å². The predicted octanol–water partition coefficient (Wildman–Crippen LogP) is 3.02. The van der Waals surface area contributed by atoms with Crippen molar-refractivity contribution in [2.75, 3.05) is 6.54 Å². The van der Waals surface area contributed by atoms with Crippen LogP contribution in [0.25, 0.3) is 0 Å². The van der Waals surface area contributed by atoms with E-state index < -0.39 is 0 Å². The third-order valence-electron chi connectivity index (χ3n) is 3.99.